The van der Waals surface area contributed by atoms with Gasteiger partial charge in [-0.1, -0.05) is 25.1 Å². The average Bonchev–Trinajstić information content (AvgIpc) is 3.04. The molecule has 0 atom stereocenters. The van der Waals surface area contributed by atoms with Crippen molar-refractivity contribution in [3.05, 3.63) is 48.2 Å². The standard InChI is InChI=1S/C14H16N4O/c1-2-15-7-12-11-5-3-4-6-13(11)19-14(12)8-18-10-16-9-17-18/h3-6,9-10,15H,2,7-8H2,1H3. The Labute approximate surface area is 111 Å². The van der Waals surface area contributed by atoms with Gasteiger partial charge in [0.2, 0.25) is 0 Å². The van der Waals surface area contributed by atoms with Crippen LogP contribution in [0.25, 0.3) is 11.0 Å². The molecular formula is C14H16N4O. The van der Waals surface area contributed by atoms with Crippen LogP contribution in [-0.4, -0.2) is 21.3 Å². The van der Waals surface area contributed by atoms with Crippen LogP contribution in [0.3, 0.4) is 0 Å². The first-order valence-corrected chi connectivity index (χ1v) is 6.41. The van der Waals surface area contributed by atoms with Gasteiger partial charge in [-0.2, -0.15) is 5.10 Å². The highest BCUT2D eigenvalue weighted by atomic mass is 16.3. The quantitative estimate of drug-likeness (QED) is 0.760. The lowest BCUT2D eigenvalue weighted by molar-refractivity contribution is 0.500. The molecule has 0 aliphatic heterocycles. The first-order valence-electron chi connectivity index (χ1n) is 6.41. The van der Waals surface area contributed by atoms with Crippen molar-refractivity contribution < 1.29 is 4.42 Å². The number of nitrogens with zero attached hydrogens (tertiary/aromatic N) is 3. The van der Waals surface area contributed by atoms with Crippen LogP contribution in [0.4, 0.5) is 0 Å². The first-order chi connectivity index (χ1) is 9.38. The van der Waals surface area contributed by atoms with Gasteiger partial charge in [0.25, 0.3) is 0 Å². The molecule has 5 nitrogen and oxygen atoms in total. The van der Waals surface area contributed by atoms with E-state index in [1.807, 2.05) is 18.2 Å². The van der Waals surface area contributed by atoms with E-state index >= 15 is 0 Å². The smallest absolute Gasteiger partial charge is 0.137 e. The van der Waals surface area contributed by atoms with Crippen molar-refractivity contribution in [2.75, 3.05) is 6.54 Å². The molecule has 0 amide bonds. The zero-order valence-corrected chi connectivity index (χ0v) is 10.8. The minimum absolute atomic E-state index is 0.607. The molecule has 2 heterocycles. The summed E-state index contributed by atoms with van der Waals surface area (Å²) in [4.78, 5) is 3.96. The molecule has 1 aromatic carbocycles. The molecule has 19 heavy (non-hydrogen) atoms. The van der Waals surface area contributed by atoms with Crippen LogP contribution in [0.2, 0.25) is 0 Å². The highest BCUT2D eigenvalue weighted by Crippen LogP contribution is 2.26. The van der Waals surface area contributed by atoms with Crippen molar-refractivity contribution in [3.63, 3.8) is 0 Å². The molecule has 3 rings (SSSR count). The zero-order valence-electron chi connectivity index (χ0n) is 10.8. The van der Waals surface area contributed by atoms with E-state index in [0.717, 1.165) is 24.4 Å². The van der Waals surface area contributed by atoms with Crippen LogP contribution in [0.5, 0.6) is 0 Å². The summed E-state index contributed by atoms with van der Waals surface area (Å²) < 4.78 is 7.71. The molecule has 1 N–H and O–H groups in total. The Morgan fingerprint density at radius 2 is 2.21 bits per heavy atom. The van der Waals surface area contributed by atoms with Crippen LogP contribution in [0.15, 0.2) is 41.3 Å². The zero-order chi connectivity index (χ0) is 13.1. The van der Waals surface area contributed by atoms with Gasteiger partial charge >= 0.3 is 0 Å². The number of aromatic nitrogens is 3. The van der Waals surface area contributed by atoms with E-state index in [2.05, 4.69) is 28.4 Å². The molecule has 2 aromatic heterocycles. The molecule has 0 unspecified atom stereocenters. The molecule has 0 bridgehead atoms. The summed E-state index contributed by atoms with van der Waals surface area (Å²) in [5, 5.41) is 8.65. The number of fused-ring (bicyclic) bond motifs is 1. The minimum atomic E-state index is 0.607. The van der Waals surface area contributed by atoms with Crippen LogP contribution in [0.1, 0.15) is 18.2 Å². The summed E-state index contributed by atoms with van der Waals surface area (Å²) in [6.45, 7) is 4.44. The highest BCUT2D eigenvalue weighted by Gasteiger charge is 2.13. The van der Waals surface area contributed by atoms with E-state index in [4.69, 9.17) is 4.42 Å². The minimum Gasteiger partial charge on any atom is -0.459 e. The Kier molecular flexibility index (Phi) is 3.29. The summed E-state index contributed by atoms with van der Waals surface area (Å²) >= 11 is 0. The normalized spacial score (nSPS) is 11.2. The lowest BCUT2D eigenvalue weighted by Crippen LogP contribution is -2.13. The SMILES string of the molecule is CCNCc1c(Cn2cncn2)oc2ccccc12. The molecule has 0 saturated heterocycles. The van der Waals surface area contributed by atoms with Crippen LogP contribution < -0.4 is 5.32 Å². The van der Waals surface area contributed by atoms with Gasteiger partial charge in [0, 0.05) is 17.5 Å². The Hall–Kier alpha value is -2.14. The fourth-order valence-electron chi connectivity index (χ4n) is 2.18. The summed E-state index contributed by atoms with van der Waals surface area (Å²) in [6.07, 6.45) is 3.23. The van der Waals surface area contributed by atoms with Gasteiger partial charge in [-0.25, -0.2) is 9.67 Å². The second-order valence-corrected chi connectivity index (χ2v) is 4.37. The largest absolute Gasteiger partial charge is 0.459 e. The van der Waals surface area contributed by atoms with Crippen molar-refractivity contribution in [3.8, 4) is 0 Å². The lowest BCUT2D eigenvalue weighted by Gasteiger charge is -2.03. The molecule has 0 aliphatic rings. The maximum atomic E-state index is 5.94. The average molecular weight is 256 g/mol. The molecule has 0 fully saturated rings. The molecule has 0 radical (unpaired) electrons. The van der Waals surface area contributed by atoms with E-state index < -0.39 is 0 Å². The van der Waals surface area contributed by atoms with Gasteiger partial charge in [-0.3, -0.25) is 0 Å². The number of nitrogens with one attached hydrogen (secondary N) is 1. The number of hydrogen-bond donors (Lipinski definition) is 1. The van der Waals surface area contributed by atoms with Crippen molar-refractivity contribution in [2.24, 2.45) is 0 Å². The molecule has 0 saturated carbocycles. The predicted molar refractivity (Wildman–Crippen MR) is 72.7 cm³/mol. The molecule has 0 aliphatic carbocycles. The summed E-state index contributed by atoms with van der Waals surface area (Å²) in [7, 11) is 0. The number of para-hydroxylation sites is 1. The Balaban J connectivity index is 2.01. The molecule has 0 spiro atoms. The fourth-order valence-corrected chi connectivity index (χ4v) is 2.18. The van der Waals surface area contributed by atoms with E-state index in [-0.39, 0.29) is 0 Å². The van der Waals surface area contributed by atoms with Gasteiger partial charge < -0.3 is 9.73 Å². The molecular weight excluding hydrogens is 240 g/mol. The number of rotatable bonds is 5. The molecule has 3 aromatic rings. The topological polar surface area (TPSA) is 55.9 Å². The second-order valence-electron chi connectivity index (χ2n) is 4.37. The van der Waals surface area contributed by atoms with Crippen molar-refractivity contribution in [1.82, 2.24) is 20.1 Å². The highest BCUT2D eigenvalue weighted by molar-refractivity contribution is 5.82. The number of benzene rings is 1. The van der Waals surface area contributed by atoms with Crippen molar-refractivity contribution >= 4 is 11.0 Å². The van der Waals surface area contributed by atoms with Crippen LogP contribution in [0, 0.1) is 0 Å². The maximum absolute atomic E-state index is 5.94. The van der Waals surface area contributed by atoms with Crippen molar-refractivity contribution in [2.45, 2.75) is 20.0 Å². The monoisotopic (exact) mass is 256 g/mol. The maximum Gasteiger partial charge on any atom is 0.137 e. The Bertz CT molecular complexity index is 657. The van der Waals surface area contributed by atoms with Crippen molar-refractivity contribution in [1.29, 1.82) is 0 Å². The van der Waals surface area contributed by atoms with E-state index in [1.165, 1.54) is 17.3 Å². The summed E-state index contributed by atoms with van der Waals surface area (Å²) in [6, 6.07) is 8.11. The van der Waals surface area contributed by atoms with Gasteiger partial charge in [0.15, 0.2) is 0 Å². The third-order valence-electron chi connectivity index (χ3n) is 3.11. The van der Waals surface area contributed by atoms with E-state index in [0.29, 0.717) is 6.54 Å². The lowest BCUT2D eigenvalue weighted by atomic mass is 10.1. The van der Waals surface area contributed by atoms with Crippen LogP contribution in [-0.2, 0) is 13.1 Å². The predicted octanol–water partition coefficient (Wildman–Crippen LogP) is 2.18. The third-order valence-corrected chi connectivity index (χ3v) is 3.11. The second kappa shape index (κ2) is 5.24. The van der Waals surface area contributed by atoms with Gasteiger partial charge in [-0.15, -0.1) is 0 Å². The molecule has 98 valence electrons. The Morgan fingerprint density at radius 3 is 3.00 bits per heavy atom. The fraction of sp³-hybridized carbons (Fsp3) is 0.286. The molecule has 5 heteroatoms. The first kappa shape index (κ1) is 11.9. The van der Waals surface area contributed by atoms with Crippen LogP contribution >= 0.6 is 0 Å². The summed E-state index contributed by atoms with van der Waals surface area (Å²) in [5.41, 5.74) is 2.12. The summed E-state index contributed by atoms with van der Waals surface area (Å²) in [5.74, 6) is 0.938. The van der Waals surface area contributed by atoms with Gasteiger partial charge in [0.05, 0.1) is 0 Å². The van der Waals surface area contributed by atoms with Gasteiger partial charge in [-0.05, 0) is 12.6 Å². The third kappa shape index (κ3) is 2.37. The number of hydrogen-bond acceptors (Lipinski definition) is 4. The number of furan rings is 1. The van der Waals surface area contributed by atoms with Gasteiger partial charge in [0.1, 0.15) is 30.5 Å². The van der Waals surface area contributed by atoms with E-state index in [1.54, 1.807) is 11.0 Å². The Morgan fingerprint density at radius 1 is 1.32 bits per heavy atom. The van der Waals surface area contributed by atoms with E-state index in [9.17, 15) is 0 Å².